The topological polar surface area (TPSA) is 50.1 Å². The molecule has 6 heteroatoms. The number of nitrogens with zero attached hydrogens (tertiary/aromatic N) is 6. The first-order valence-electron chi connectivity index (χ1n) is 10.6. The van der Waals surface area contributed by atoms with Crippen molar-refractivity contribution in [2.24, 2.45) is 5.92 Å². The Bertz CT molecular complexity index is 786. The molecule has 0 N–H and O–H groups in total. The third-order valence-electron chi connectivity index (χ3n) is 6.45. The van der Waals surface area contributed by atoms with Crippen molar-refractivity contribution in [3.63, 3.8) is 0 Å². The molecule has 0 saturated carbocycles. The number of hydrogen-bond donors (Lipinski definition) is 0. The average molecular weight is 385 g/mol. The van der Waals surface area contributed by atoms with Gasteiger partial charge in [0.05, 0.1) is 11.6 Å². The Morgan fingerprint density at radius 3 is 2.36 bits per heavy atom. The molecule has 154 valence electrons. The van der Waals surface area contributed by atoms with E-state index in [0.717, 1.165) is 38.4 Å². The Balaban J connectivity index is 1.80. The molecule has 0 radical (unpaired) electrons. The molecule has 0 unspecified atom stereocenters. The van der Waals surface area contributed by atoms with Crippen LogP contribution >= 0.6 is 0 Å². The number of benzene rings is 1. The molecule has 0 amide bonds. The molecule has 2 aromatic rings. The summed E-state index contributed by atoms with van der Waals surface area (Å²) in [4.78, 5) is 5.09. The zero-order valence-electron chi connectivity index (χ0n) is 18.6. The van der Waals surface area contributed by atoms with Gasteiger partial charge in [-0.3, -0.25) is 4.90 Å². The molecule has 1 aliphatic rings. The fourth-order valence-corrected chi connectivity index (χ4v) is 4.16. The number of aromatic nitrogens is 4. The molecule has 0 spiro atoms. The molecule has 1 saturated heterocycles. The predicted molar refractivity (Wildman–Crippen MR) is 115 cm³/mol. The SMILES string of the molecule is CCC(C)(C)n1nnnc1[C@H](C(C)C)N1CCN(c2cccc(C)c2C)CC1. The lowest BCUT2D eigenvalue weighted by Gasteiger charge is -2.42. The van der Waals surface area contributed by atoms with E-state index in [-0.39, 0.29) is 11.6 Å². The van der Waals surface area contributed by atoms with E-state index in [9.17, 15) is 0 Å². The molecule has 0 aliphatic carbocycles. The van der Waals surface area contributed by atoms with Gasteiger partial charge in [-0.1, -0.05) is 32.9 Å². The number of tetrazole rings is 1. The molecule has 2 heterocycles. The van der Waals surface area contributed by atoms with Gasteiger partial charge in [0, 0.05) is 31.9 Å². The van der Waals surface area contributed by atoms with Crippen molar-refractivity contribution in [3.05, 3.63) is 35.2 Å². The lowest BCUT2D eigenvalue weighted by Crippen LogP contribution is -2.49. The van der Waals surface area contributed by atoms with E-state index in [4.69, 9.17) is 0 Å². The zero-order valence-corrected chi connectivity index (χ0v) is 18.6. The lowest BCUT2D eigenvalue weighted by atomic mass is 9.97. The van der Waals surface area contributed by atoms with E-state index in [1.165, 1.54) is 16.8 Å². The van der Waals surface area contributed by atoms with Crippen LogP contribution in [-0.2, 0) is 5.54 Å². The van der Waals surface area contributed by atoms with Gasteiger partial charge in [0.1, 0.15) is 0 Å². The standard InChI is InChI=1S/C22H36N6/c1-8-22(6,7)28-21(23-24-25-28)20(16(2)3)27-14-12-26(13-15-27)19-11-9-10-17(4)18(19)5/h9-11,16,20H,8,12-15H2,1-7H3/t20-/m0/s1. The highest BCUT2D eigenvalue weighted by Gasteiger charge is 2.34. The van der Waals surface area contributed by atoms with Crippen LogP contribution in [0, 0.1) is 19.8 Å². The van der Waals surface area contributed by atoms with E-state index >= 15 is 0 Å². The van der Waals surface area contributed by atoms with Crippen LogP contribution in [0.1, 0.15) is 64.0 Å². The van der Waals surface area contributed by atoms with Crippen LogP contribution in [0.3, 0.4) is 0 Å². The smallest absolute Gasteiger partial charge is 0.169 e. The Morgan fingerprint density at radius 1 is 1.07 bits per heavy atom. The summed E-state index contributed by atoms with van der Waals surface area (Å²) in [6, 6.07) is 6.85. The van der Waals surface area contributed by atoms with Crippen LogP contribution in [0.4, 0.5) is 5.69 Å². The first-order chi connectivity index (χ1) is 13.3. The van der Waals surface area contributed by atoms with Gasteiger partial charge >= 0.3 is 0 Å². The maximum atomic E-state index is 4.48. The van der Waals surface area contributed by atoms with Gasteiger partial charge in [-0.25, -0.2) is 4.68 Å². The molecule has 1 atom stereocenters. The van der Waals surface area contributed by atoms with Crippen LogP contribution in [0.5, 0.6) is 0 Å². The summed E-state index contributed by atoms with van der Waals surface area (Å²) in [6.45, 7) is 19.7. The number of anilines is 1. The van der Waals surface area contributed by atoms with E-state index < -0.39 is 0 Å². The Hall–Kier alpha value is -1.95. The minimum absolute atomic E-state index is 0.0769. The number of hydrogen-bond acceptors (Lipinski definition) is 5. The van der Waals surface area contributed by atoms with Gasteiger partial charge in [-0.2, -0.15) is 0 Å². The third kappa shape index (κ3) is 3.93. The Morgan fingerprint density at radius 2 is 1.75 bits per heavy atom. The molecule has 1 aliphatic heterocycles. The number of aryl methyl sites for hydroxylation is 1. The van der Waals surface area contributed by atoms with Gasteiger partial charge in [0.25, 0.3) is 0 Å². The second-order valence-corrected chi connectivity index (χ2v) is 9.05. The first kappa shape index (κ1) is 20.8. The van der Waals surface area contributed by atoms with Gasteiger partial charge in [0.15, 0.2) is 5.82 Å². The van der Waals surface area contributed by atoms with Crippen molar-refractivity contribution in [3.8, 4) is 0 Å². The van der Waals surface area contributed by atoms with Crippen molar-refractivity contribution < 1.29 is 0 Å². The number of piperazine rings is 1. The highest BCUT2D eigenvalue weighted by molar-refractivity contribution is 5.56. The van der Waals surface area contributed by atoms with Crippen LogP contribution in [-0.4, -0.2) is 51.3 Å². The summed E-state index contributed by atoms with van der Waals surface area (Å²) >= 11 is 0. The van der Waals surface area contributed by atoms with Crippen molar-refractivity contribution in [1.29, 1.82) is 0 Å². The molecule has 1 fully saturated rings. The molecular formula is C22H36N6. The van der Waals surface area contributed by atoms with E-state index in [1.54, 1.807) is 0 Å². The lowest BCUT2D eigenvalue weighted by molar-refractivity contribution is 0.126. The van der Waals surface area contributed by atoms with Gasteiger partial charge < -0.3 is 4.90 Å². The van der Waals surface area contributed by atoms with Crippen LogP contribution in [0.15, 0.2) is 18.2 Å². The molecule has 3 rings (SSSR count). The Labute approximate surface area is 169 Å². The van der Waals surface area contributed by atoms with Crippen molar-refractivity contribution >= 4 is 5.69 Å². The summed E-state index contributed by atoms with van der Waals surface area (Å²) in [6.07, 6.45) is 0.996. The van der Waals surface area contributed by atoms with E-state index in [2.05, 4.69) is 96.7 Å². The Kier molecular flexibility index (Phi) is 6.08. The highest BCUT2D eigenvalue weighted by Crippen LogP contribution is 2.32. The van der Waals surface area contributed by atoms with Gasteiger partial charge in [-0.05, 0) is 67.7 Å². The zero-order chi connectivity index (χ0) is 20.5. The van der Waals surface area contributed by atoms with Crippen molar-refractivity contribution in [2.75, 3.05) is 31.1 Å². The predicted octanol–water partition coefficient (Wildman–Crippen LogP) is 3.95. The van der Waals surface area contributed by atoms with E-state index in [1.807, 2.05) is 0 Å². The third-order valence-corrected chi connectivity index (χ3v) is 6.45. The minimum Gasteiger partial charge on any atom is -0.369 e. The van der Waals surface area contributed by atoms with Crippen molar-refractivity contribution in [1.82, 2.24) is 25.1 Å². The maximum Gasteiger partial charge on any atom is 0.169 e. The van der Waals surface area contributed by atoms with Gasteiger partial charge in [0.2, 0.25) is 0 Å². The van der Waals surface area contributed by atoms with Crippen LogP contribution in [0.2, 0.25) is 0 Å². The molecule has 1 aromatic carbocycles. The maximum absolute atomic E-state index is 4.48. The molecule has 0 bridgehead atoms. The van der Waals surface area contributed by atoms with Crippen LogP contribution < -0.4 is 4.90 Å². The second-order valence-electron chi connectivity index (χ2n) is 9.05. The largest absolute Gasteiger partial charge is 0.369 e. The fraction of sp³-hybridized carbons (Fsp3) is 0.682. The van der Waals surface area contributed by atoms with Crippen LogP contribution in [0.25, 0.3) is 0 Å². The molecule has 28 heavy (non-hydrogen) atoms. The normalized spacial score (nSPS) is 17.4. The highest BCUT2D eigenvalue weighted by atomic mass is 15.6. The summed E-state index contributed by atoms with van der Waals surface area (Å²) in [7, 11) is 0. The fourth-order valence-electron chi connectivity index (χ4n) is 4.16. The summed E-state index contributed by atoms with van der Waals surface area (Å²) in [5.41, 5.74) is 4.05. The summed E-state index contributed by atoms with van der Waals surface area (Å²) in [5, 5.41) is 12.9. The number of rotatable bonds is 6. The van der Waals surface area contributed by atoms with Gasteiger partial charge in [-0.15, -0.1) is 5.10 Å². The second kappa shape index (κ2) is 8.19. The summed E-state index contributed by atoms with van der Waals surface area (Å²) < 4.78 is 2.05. The first-order valence-corrected chi connectivity index (χ1v) is 10.6. The minimum atomic E-state index is -0.0769. The summed E-state index contributed by atoms with van der Waals surface area (Å²) in [5.74, 6) is 1.45. The molecule has 1 aromatic heterocycles. The van der Waals surface area contributed by atoms with Crippen molar-refractivity contribution in [2.45, 2.75) is 66.5 Å². The van der Waals surface area contributed by atoms with E-state index in [0.29, 0.717) is 5.92 Å². The molecular weight excluding hydrogens is 348 g/mol. The monoisotopic (exact) mass is 384 g/mol. The quantitative estimate of drug-likeness (QED) is 0.755. The average Bonchev–Trinajstić information content (AvgIpc) is 3.15. The molecule has 6 nitrogen and oxygen atoms in total.